The van der Waals surface area contributed by atoms with Crippen molar-refractivity contribution in [3.05, 3.63) is 67.3 Å². The molecule has 1 atom stereocenters. The van der Waals surface area contributed by atoms with E-state index in [1.165, 1.54) is 0 Å². The highest BCUT2D eigenvalue weighted by Gasteiger charge is 2.14. The fourth-order valence-electron chi connectivity index (χ4n) is 1.81. The van der Waals surface area contributed by atoms with Gasteiger partial charge in [-0.15, -0.1) is 0 Å². The average molecular weight is 322 g/mol. The number of hydrogen-bond acceptors (Lipinski definition) is 4. The molecule has 2 rings (SSSR count). The summed E-state index contributed by atoms with van der Waals surface area (Å²) in [6.45, 7) is 4.94. The molecule has 0 aliphatic carbocycles. The Morgan fingerprint density at radius 3 is 2.17 bits per heavy atom. The lowest BCUT2D eigenvalue weighted by Gasteiger charge is -2.12. The van der Waals surface area contributed by atoms with Crippen LogP contribution in [0.4, 0.5) is 17.1 Å². The number of amides is 2. The summed E-state index contributed by atoms with van der Waals surface area (Å²) >= 11 is 0. The highest BCUT2D eigenvalue weighted by atomic mass is 16.2. The molecule has 2 aromatic carbocycles. The summed E-state index contributed by atoms with van der Waals surface area (Å²) < 4.78 is 0. The highest BCUT2D eigenvalue weighted by Crippen LogP contribution is 2.20. The molecule has 0 radical (unpaired) electrons. The Bertz CT molecular complexity index is 739. The molecule has 2 aromatic rings. The Labute approximate surface area is 140 Å². The Morgan fingerprint density at radius 2 is 1.58 bits per heavy atom. The van der Waals surface area contributed by atoms with Gasteiger partial charge in [0.1, 0.15) is 6.04 Å². The topological polar surface area (TPSA) is 82.9 Å². The average Bonchev–Trinajstić information content (AvgIpc) is 2.61. The number of nitrogens with zero attached hydrogens (tertiary/aromatic N) is 2. The van der Waals surface area contributed by atoms with E-state index < -0.39 is 11.9 Å². The van der Waals surface area contributed by atoms with Gasteiger partial charge in [-0.3, -0.25) is 9.59 Å². The number of nitrogens with one attached hydrogen (secondary N) is 2. The van der Waals surface area contributed by atoms with Crippen molar-refractivity contribution in [3.8, 4) is 0 Å². The van der Waals surface area contributed by atoms with Crippen LogP contribution in [-0.2, 0) is 9.59 Å². The van der Waals surface area contributed by atoms with Crippen molar-refractivity contribution in [2.24, 2.45) is 10.2 Å². The standard InChI is InChI=1S/C18H18N4O2/c1-3-17(23)19-13(2)18(24)20-14-9-11-16(12-10-14)22-21-15-7-5-4-6-8-15/h3-13H,1H2,2H3,(H,19,23)(H,20,24)/t13-/m0/s1. The van der Waals surface area contributed by atoms with Crippen molar-refractivity contribution in [1.29, 1.82) is 0 Å². The lowest BCUT2D eigenvalue weighted by atomic mass is 10.2. The Balaban J connectivity index is 1.94. The molecule has 0 fully saturated rings. The van der Waals surface area contributed by atoms with Crippen LogP contribution >= 0.6 is 0 Å². The van der Waals surface area contributed by atoms with E-state index in [1.807, 2.05) is 30.3 Å². The molecule has 2 N–H and O–H groups in total. The lowest BCUT2D eigenvalue weighted by Crippen LogP contribution is -2.40. The van der Waals surface area contributed by atoms with Gasteiger partial charge in [0, 0.05) is 5.69 Å². The summed E-state index contributed by atoms with van der Waals surface area (Å²) in [6, 6.07) is 15.7. The zero-order valence-corrected chi connectivity index (χ0v) is 13.3. The van der Waals surface area contributed by atoms with Crippen molar-refractivity contribution in [2.75, 3.05) is 5.32 Å². The molecule has 6 nitrogen and oxygen atoms in total. The highest BCUT2D eigenvalue weighted by molar-refractivity contribution is 5.98. The van der Waals surface area contributed by atoms with E-state index in [4.69, 9.17) is 0 Å². The summed E-state index contributed by atoms with van der Waals surface area (Å²) in [4.78, 5) is 23.1. The lowest BCUT2D eigenvalue weighted by molar-refractivity contribution is -0.123. The van der Waals surface area contributed by atoms with E-state index in [0.717, 1.165) is 11.8 Å². The van der Waals surface area contributed by atoms with Crippen LogP contribution in [-0.4, -0.2) is 17.9 Å². The molecule has 2 amide bonds. The molecule has 0 saturated heterocycles. The summed E-state index contributed by atoms with van der Waals surface area (Å²) in [5.74, 6) is -0.710. The van der Waals surface area contributed by atoms with Gasteiger partial charge < -0.3 is 10.6 Å². The van der Waals surface area contributed by atoms with E-state index >= 15 is 0 Å². The zero-order chi connectivity index (χ0) is 17.4. The number of hydrogen-bond donors (Lipinski definition) is 2. The number of carbonyl (C=O) groups excluding carboxylic acids is 2. The van der Waals surface area contributed by atoms with Gasteiger partial charge in [0.2, 0.25) is 11.8 Å². The zero-order valence-electron chi connectivity index (χ0n) is 13.3. The minimum Gasteiger partial charge on any atom is -0.341 e. The Hall–Kier alpha value is -3.28. The van der Waals surface area contributed by atoms with Gasteiger partial charge in [-0.1, -0.05) is 24.8 Å². The SMILES string of the molecule is C=CC(=O)N[C@@H](C)C(=O)Nc1ccc(N=Nc2ccccc2)cc1. The van der Waals surface area contributed by atoms with E-state index in [0.29, 0.717) is 11.4 Å². The van der Waals surface area contributed by atoms with Gasteiger partial charge in [-0.2, -0.15) is 10.2 Å². The van der Waals surface area contributed by atoms with Crippen LogP contribution in [0.1, 0.15) is 6.92 Å². The number of rotatable bonds is 6. The monoisotopic (exact) mass is 322 g/mol. The van der Waals surface area contributed by atoms with Crippen molar-refractivity contribution in [1.82, 2.24) is 5.32 Å². The van der Waals surface area contributed by atoms with Gasteiger partial charge in [0.25, 0.3) is 0 Å². The molecule has 0 unspecified atom stereocenters. The molecule has 0 aliphatic rings. The summed E-state index contributed by atoms with van der Waals surface area (Å²) in [5, 5.41) is 13.5. The molecule has 0 bridgehead atoms. The first-order chi connectivity index (χ1) is 11.6. The minimum atomic E-state index is -0.659. The maximum absolute atomic E-state index is 12.0. The second-order valence-corrected chi connectivity index (χ2v) is 5.01. The minimum absolute atomic E-state index is 0.316. The number of carbonyl (C=O) groups is 2. The van der Waals surface area contributed by atoms with E-state index in [9.17, 15) is 9.59 Å². The predicted molar refractivity (Wildman–Crippen MR) is 93.5 cm³/mol. The molecular formula is C18H18N4O2. The molecular weight excluding hydrogens is 304 g/mol. The molecule has 0 aromatic heterocycles. The van der Waals surface area contributed by atoms with Crippen LogP contribution in [0.5, 0.6) is 0 Å². The first-order valence-electron chi connectivity index (χ1n) is 7.39. The van der Waals surface area contributed by atoms with E-state index in [2.05, 4.69) is 27.4 Å². The first-order valence-corrected chi connectivity index (χ1v) is 7.39. The third-order valence-corrected chi connectivity index (χ3v) is 3.11. The van der Waals surface area contributed by atoms with Gasteiger partial charge in [-0.05, 0) is 49.4 Å². The van der Waals surface area contributed by atoms with Crippen LogP contribution in [0.25, 0.3) is 0 Å². The van der Waals surface area contributed by atoms with Gasteiger partial charge in [-0.25, -0.2) is 0 Å². The normalized spacial score (nSPS) is 11.7. The maximum atomic E-state index is 12.0. The maximum Gasteiger partial charge on any atom is 0.246 e. The Kier molecular flexibility index (Phi) is 5.96. The van der Waals surface area contributed by atoms with Crippen LogP contribution < -0.4 is 10.6 Å². The van der Waals surface area contributed by atoms with Crippen LogP contribution in [0.15, 0.2) is 77.5 Å². The molecule has 0 aliphatic heterocycles. The quantitative estimate of drug-likeness (QED) is 0.627. The summed E-state index contributed by atoms with van der Waals surface area (Å²) in [5.41, 5.74) is 2.05. The molecule has 122 valence electrons. The molecule has 6 heteroatoms. The van der Waals surface area contributed by atoms with Crippen LogP contribution in [0, 0.1) is 0 Å². The third-order valence-electron chi connectivity index (χ3n) is 3.11. The largest absolute Gasteiger partial charge is 0.341 e. The first kappa shape index (κ1) is 17.1. The van der Waals surface area contributed by atoms with Crippen LogP contribution in [0.2, 0.25) is 0 Å². The smallest absolute Gasteiger partial charge is 0.246 e. The third kappa shape index (κ3) is 5.17. The number of benzene rings is 2. The Morgan fingerprint density at radius 1 is 1.00 bits per heavy atom. The van der Waals surface area contributed by atoms with Crippen molar-refractivity contribution < 1.29 is 9.59 Å². The van der Waals surface area contributed by atoms with Crippen molar-refractivity contribution in [2.45, 2.75) is 13.0 Å². The van der Waals surface area contributed by atoms with Gasteiger partial charge in [0.15, 0.2) is 0 Å². The van der Waals surface area contributed by atoms with Crippen molar-refractivity contribution >= 4 is 28.9 Å². The predicted octanol–water partition coefficient (Wildman–Crippen LogP) is 3.73. The van der Waals surface area contributed by atoms with Gasteiger partial charge >= 0.3 is 0 Å². The van der Waals surface area contributed by atoms with Crippen LogP contribution in [0.3, 0.4) is 0 Å². The second-order valence-electron chi connectivity index (χ2n) is 5.01. The summed E-state index contributed by atoms with van der Waals surface area (Å²) in [6.07, 6.45) is 1.12. The molecule has 0 saturated carbocycles. The number of azo groups is 1. The van der Waals surface area contributed by atoms with E-state index in [-0.39, 0.29) is 5.91 Å². The molecule has 0 spiro atoms. The van der Waals surface area contributed by atoms with E-state index in [1.54, 1.807) is 31.2 Å². The van der Waals surface area contributed by atoms with Gasteiger partial charge in [0.05, 0.1) is 11.4 Å². The molecule has 0 heterocycles. The van der Waals surface area contributed by atoms with Crippen molar-refractivity contribution in [3.63, 3.8) is 0 Å². The number of anilines is 1. The fraction of sp³-hybridized carbons (Fsp3) is 0.111. The second kappa shape index (κ2) is 8.38. The summed E-state index contributed by atoms with van der Waals surface area (Å²) in [7, 11) is 0. The molecule has 24 heavy (non-hydrogen) atoms. The fourth-order valence-corrected chi connectivity index (χ4v) is 1.81.